The monoisotopic (exact) mass is 426 g/mol. The lowest BCUT2D eigenvalue weighted by atomic mass is 10.1. The molecule has 30 heavy (non-hydrogen) atoms. The molecule has 0 rings (SSSR count). The molecule has 0 atom stereocenters. The molecule has 178 valence electrons. The molecule has 0 fully saturated rings. The van der Waals surface area contributed by atoms with Crippen molar-refractivity contribution in [2.24, 2.45) is 0 Å². The highest BCUT2D eigenvalue weighted by Crippen LogP contribution is 2.13. The van der Waals surface area contributed by atoms with Crippen LogP contribution in [0.4, 0.5) is 0 Å². The fourth-order valence-corrected chi connectivity index (χ4v) is 3.73. The Kier molecular flexibility index (Phi) is 21.8. The van der Waals surface area contributed by atoms with Gasteiger partial charge in [-0.3, -0.25) is 9.59 Å². The molecule has 0 saturated heterocycles. The van der Waals surface area contributed by atoms with E-state index in [1.54, 1.807) is 0 Å². The predicted molar refractivity (Wildman–Crippen MR) is 126 cm³/mol. The second-order valence-corrected chi connectivity index (χ2v) is 8.65. The molecule has 0 N–H and O–H groups in total. The molecule has 0 aliphatic heterocycles. The maximum absolute atomic E-state index is 11.9. The maximum atomic E-state index is 11.9. The number of rotatable bonds is 22. The number of esters is 2. The summed E-state index contributed by atoms with van der Waals surface area (Å²) in [6, 6.07) is 0. The van der Waals surface area contributed by atoms with Crippen molar-refractivity contribution in [3.8, 4) is 0 Å². The summed E-state index contributed by atoms with van der Waals surface area (Å²) in [4.78, 5) is 23.7. The van der Waals surface area contributed by atoms with E-state index in [2.05, 4.69) is 20.8 Å². The Labute approximate surface area is 186 Å². The molecule has 0 amide bonds. The summed E-state index contributed by atoms with van der Waals surface area (Å²) < 4.78 is 10.8. The Morgan fingerprint density at radius 3 is 1.53 bits per heavy atom. The van der Waals surface area contributed by atoms with Gasteiger partial charge in [0.05, 0.1) is 6.61 Å². The molecule has 0 radical (unpaired) electrons. The quantitative estimate of drug-likeness (QED) is 0.130. The number of hydrogen-bond acceptors (Lipinski definition) is 4. The number of ether oxygens (including phenoxy) is 2. The fourth-order valence-electron chi connectivity index (χ4n) is 3.73. The van der Waals surface area contributed by atoms with Gasteiger partial charge in [-0.05, 0) is 25.7 Å². The number of carbonyl (C=O) groups is 2. The van der Waals surface area contributed by atoms with Crippen LogP contribution < -0.4 is 0 Å². The van der Waals surface area contributed by atoms with Crippen molar-refractivity contribution >= 4 is 11.9 Å². The van der Waals surface area contributed by atoms with E-state index < -0.39 is 0 Å². The second kappa shape index (κ2) is 22.6. The number of carbonyl (C=O) groups excluding carboxylic acids is 2. The third kappa shape index (κ3) is 20.2. The SMILES string of the molecule is CCCCCCCCCCCCCCOC(=O)CCCC(=O)OC(CCC)CCC. The largest absolute Gasteiger partial charge is 0.466 e. The first-order chi connectivity index (χ1) is 14.6. The van der Waals surface area contributed by atoms with Gasteiger partial charge in [0, 0.05) is 12.8 Å². The van der Waals surface area contributed by atoms with E-state index in [4.69, 9.17) is 9.47 Å². The highest BCUT2D eigenvalue weighted by atomic mass is 16.5. The van der Waals surface area contributed by atoms with Crippen LogP contribution in [0.25, 0.3) is 0 Å². The molecule has 0 aromatic carbocycles. The van der Waals surface area contributed by atoms with Gasteiger partial charge in [-0.2, -0.15) is 0 Å². The average Bonchev–Trinajstić information content (AvgIpc) is 2.72. The lowest BCUT2D eigenvalue weighted by Crippen LogP contribution is -2.18. The topological polar surface area (TPSA) is 52.6 Å². The van der Waals surface area contributed by atoms with Gasteiger partial charge >= 0.3 is 11.9 Å². The molecule has 0 spiro atoms. The van der Waals surface area contributed by atoms with E-state index in [0.717, 1.165) is 38.5 Å². The highest BCUT2D eigenvalue weighted by Gasteiger charge is 2.13. The zero-order valence-corrected chi connectivity index (χ0v) is 20.4. The first-order valence-electron chi connectivity index (χ1n) is 13.0. The normalized spacial score (nSPS) is 11.1. The van der Waals surface area contributed by atoms with Crippen molar-refractivity contribution in [1.29, 1.82) is 0 Å². The molecular formula is C26H50O4. The average molecular weight is 427 g/mol. The van der Waals surface area contributed by atoms with E-state index in [1.807, 2.05) is 0 Å². The van der Waals surface area contributed by atoms with Crippen molar-refractivity contribution in [3.05, 3.63) is 0 Å². The van der Waals surface area contributed by atoms with Crippen molar-refractivity contribution < 1.29 is 19.1 Å². The van der Waals surface area contributed by atoms with Gasteiger partial charge in [0.2, 0.25) is 0 Å². The zero-order chi connectivity index (χ0) is 22.3. The van der Waals surface area contributed by atoms with Crippen LogP contribution in [0.2, 0.25) is 0 Å². The first-order valence-corrected chi connectivity index (χ1v) is 13.0. The molecule has 0 unspecified atom stereocenters. The number of hydrogen-bond donors (Lipinski definition) is 0. The maximum Gasteiger partial charge on any atom is 0.306 e. The molecule has 0 aliphatic rings. The van der Waals surface area contributed by atoms with Crippen molar-refractivity contribution in [1.82, 2.24) is 0 Å². The Balaban J connectivity index is 3.44. The highest BCUT2D eigenvalue weighted by molar-refractivity contribution is 5.72. The molecule has 0 aromatic heterocycles. The predicted octanol–water partition coefficient (Wildman–Crippen LogP) is 7.91. The Hall–Kier alpha value is -1.06. The summed E-state index contributed by atoms with van der Waals surface area (Å²) in [7, 11) is 0. The molecule has 0 bridgehead atoms. The molecule has 4 heteroatoms. The summed E-state index contributed by atoms with van der Waals surface area (Å²) >= 11 is 0. The second-order valence-electron chi connectivity index (χ2n) is 8.65. The van der Waals surface area contributed by atoms with Crippen molar-refractivity contribution in [3.63, 3.8) is 0 Å². The Morgan fingerprint density at radius 2 is 1.03 bits per heavy atom. The van der Waals surface area contributed by atoms with E-state index in [-0.39, 0.29) is 18.0 Å². The van der Waals surface area contributed by atoms with Crippen molar-refractivity contribution in [2.75, 3.05) is 6.61 Å². The van der Waals surface area contributed by atoms with Crippen LogP contribution in [-0.4, -0.2) is 24.6 Å². The van der Waals surface area contributed by atoms with Gasteiger partial charge in [0.15, 0.2) is 0 Å². The number of unbranched alkanes of at least 4 members (excludes halogenated alkanes) is 11. The van der Waals surface area contributed by atoms with Crippen LogP contribution in [0.1, 0.15) is 143 Å². The van der Waals surface area contributed by atoms with Crippen LogP contribution in [0.5, 0.6) is 0 Å². The van der Waals surface area contributed by atoms with Gasteiger partial charge in [-0.1, -0.05) is 104 Å². The summed E-state index contributed by atoms with van der Waals surface area (Å²) in [6.45, 7) is 6.97. The Bertz CT molecular complexity index is 388. The van der Waals surface area contributed by atoms with E-state index in [1.165, 1.54) is 64.2 Å². The minimum Gasteiger partial charge on any atom is -0.466 e. The minimum atomic E-state index is -0.190. The Morgan fingerprint density at radius 1 is 0.567 bits per heavy atom. The molecule has 0 aliphatic carbocycles. The summed E-state index contributed by atoms with van der Waals surface area (Å²) in [5.41, 5.74) is 0. The summed E-state index contributed by atoms with van der Waals surface area (Å²) in [6.07, 6.45) is 20.6. The van der Waals surface area contributed by atoms with E-state index in [9.17, 15) is 9.59 Å². The molecule has 4 nitrogen and oxygen atoms in total. The molecule has 0 saturated carbocycles. The van der Waals surface area contributed by atoms with Gasteiger partial charge < -0.3 is 9.47 Å². The van der Waals surface area contributed by atoms with Crippen LogP contribution >= 0.6 is 0 Å². The third-order valence-electron chi connectivity index (χ3n) is 5.54. The lowest BCUT2D eigenvalue weighted by molar-refractivity contribution is -0.150. The summed E-state index contributed by atoms with van der Waals surface area (Å²) in [5, 5.41) is 0. The first kappa shape index (κ1) is 28.9. The van der Waals surface area contributed by atoms with Crippen LogP contribution in [0, 0.1) is 0 Å². The zero-order valence-electron chi connectivity index (χ0n) is 20.4. The fraction of sp³-hybridized carbons (Fsp3) is 0.923. The van der Waals surface area contributed by atoms with Gasteiger partial charge in [0.1, 0.15) is 6.10 Å². The third-order valence-corrected chi connectivity index (χ3v) is 5.54. The molecular weight excluding hydrogens is 376 g/mol. The molecule has 0 aromatic rings. The van der Waals surface area contributed by atoms with E-state index in [0.29, 0.717) is 25.9 Å². The van der Waals surface area contributed by atoms with Crippen LogP contribution in [-0.2, 0) is 19.1 Å². The van der Waals surface area contributed by atoms with Crippen molar-refractivity contribution in [2.45, 2.75) is 149 Å². The minimum absolute atomic E-state index is 0.0326. The van der Waals surface area contributed by atoms with E-state index >= 15 is 0 Å². The van der Waals surface area contributed by atoms with Gasteiger partial charge in [-0.25, -0.2) is 0 Å². The van der Waals surface area contributed by atoms with Gasteiger partial charge in [0.25, 0.3) is 0 Å². The summed E-state index contributed by atoms with van der Waals surface area (Å²) in [5.74, 6) is -0.375. The van der Waals surface area contributed by atoms with Crippen LogP contribution in [0.15, 0.2) is 0 Å². The standard InChI is InChI=1S/C26H50O4/c1-4-7-8-9-10-11-12-13-14-15-16-17-23-29-25(27)21-18-22-26(28)30-24(19-5-2)20-6-3/h24H,4-23H2,1-3H3. The van der Waals surface area contributed by atoms with Gasteiger partial charge in [-0.15, -0.1) is 0 Å². The smallest absolute Gasteiger partial charge is 0.306 e. The molecule has 0 heterocycles. The van der Waals surface area contributed by atoms with Crippen LogP contribution in [0.3, 0.4) is 0 Å². The lowest BCUT2D eigenvalue weighted by Gasteiger charge is -2.16.